The molecule has 8 nitrogen and oxygen atoms in total. The summed E-state index contributed by atoms with van der Waals surface area (Å²) in [5, 5.41) is 11.5. The molecule has 0 aliphatic carbocycles. The third-order valence-corrected chi connectivity index (χ3v) is 7.50. The number of carbonyl (C=O) groups excluding carboxylic acids is 2. The van der Waals surface area contributed by atoms with Gasteiger partial charge in [-0.3, -0.25) is 4.79 Å². The van der Waals surface area contributed by atoms with E-state index in [1.807, 2.05) is 38.1 Å². The summed E-state index contributed by atoms with van der Waals surface area (Å²) in [4.78, 5) is 37.6. The Hall–Kier alpha value is -3.39. The lowest BCUT2D eigenvalue weighted by atomic mass is 9.86. The van der Waals surface area contributed by atoms with Crippen LogP contribution in [0.3, 0.4) is 0 Å². The Morgan fingerprint density at radius 1 is 1.11 bits per heavy atom. The van der Waals surface area contributed by atoms with Gasteiger partial charge in [-0.1, -0.05) is 6.07 Å². The Morgan fingerprint density at radius 2 is 1.87 bits per heavy atom. The molecule has 4 heterocycles. The molecule has 1 atom stereocenters. The summed E-state index contributed by atoms with van der Waals surface area (Å²) in [5.41, 5.74) is 5.30. The molecule has 2 aliphatic rings. The first-order chi connectivity index (χ1) is 17.8. The van der Waals surface area contributed by atoms with Gasteiger partial charge < -0.3 is 24.6 Å². The molecule has 2 aromatic heterocycles. The van der Waals surface area contributed by atoms with Gasteiger partial charge in [-0.05, 0) is 101 Å². The quantitative estimate of drug-likeness (QED) is 0.492. The second kappa shape index (κ2) is 9.42. The summed E-state index contributed by atoms with van der Waals surface area (Å²) in [6, 6.07) is 6.37. The number of hydrogen-bond acceptors (Lipinski definition) is 5. The largest absolute Gasteiger partial charge is 0.444 e. The predicted octanol–water partition coefficient (Wildman–Crippen LogP) is 5.27. The van der Waals surface area contributed by atoms with Crippen LogP contribution in [0.1, 0.15) is 75.8 Å². The summed E-state index contributed by atoms with van der Waals surface area (Å²) in [5.74, 6) is -0.286. The minimum Gasteiger partial charge on any atom is -0.444 e. The van der Waals surface area contributed by atoms with E-state index in [-0.39, 0.29) is 18.0 Å². The zero-order chi connectivity index (χ0) is 27.4. The standard InChI is InChI=1S/C30H38N4O4/c1-18-15-31-26-22(18)14-21(16-32-26)20-12-19-9-11-33(27(35)30(5,6)37)17-24(19)23(13-20)25-8-7-10-34(25)28(36)38-29(2,3)4/h12-16,25,37H,7-11,17H2,1-6H3,(H,31,32)/t25-/m0/s1. The van der Waals surface area contributed by atoms with E-state index in [2.05, 4.69) is 35.1 Å². The molecule has 2 amide bonds. The van der Waals surface area contributed by atoms with E-state index in [9.17, 15) is 14.7 Å². The molecule has 2 aliphatic heterocycles. The third-order valence-electron chi connectivity index (χ3n) is 7.50. The van der Waals surface area contributed by atoms with Gasteiger partial charge in [0.05, 0.1) is 6.04 Å². The Balaban J connectivity index is 1.60. The molecule has 0 saturated carbocycles. The molecule has 0 bridgehead atoms. The van der Waals surface area contributed by atoms with Crippen LogP contribution in [0.25, 0.3) is 22.2 Å². The molecular weight excluding hydrogens is 480 g/mol. The zero-order valence-corrected chi connectivity index (χ0v) is 23.2. The van der Waals surface area contributed by atoms with Crippen LogP contribution in [0.15, 0.2) is 30.6 Å². The van der Waals surface area contributed by atoms with Crippen LogP contribution in [-0.4, -0.2) is 61.2 Å². The van der Waals surface area contributed by atoms with Gasteiger partial charge in [0.25, 0.3) is 5.91 Å². The van der Waals surface area contributed by atoms with Crippen LogP contribution in [0.2, 0.25) is 0 Å². The number of pyridine rings is 1. The fourth-order valence-corrected chi connectivity index (χ4v) is 5.64. The number of H-pyrrole nitrogens is 1. The minimum atomic E-state index is -1.44. The van der Waals surface area contributed by atoms with E-state index >= 15 is 0 Å². The number of aromatic nitrogens is 2. The molecule has 38 heavy (non-hydrogen) atoms. The number of ether oxygens (including phenoxy) is 1. The Morgan fingerprint density at radius 3 is 2.58 bits per heavy atom. The number of aromatic amines is 1. The average Bonchev–Trinajstić information content (AvgIpc) is 3.48. The number of fused-ring (bicyclic) bond motifs is 2. The van der Waals surface area contributed by atoms with E-state index < -0.39 is 11.2 Å². The van der Waals surface area contributed by atoms with Gasteiger partial charge in [-0.25, -0.2) is 9.78 Å². The zero-order valence-electron chi connectivity index (χ0n) is 23.2. The van der Waals surface area contributed by atoms with Gasteiger partial charge >= 0.3 is 6.09 Å². The van der Waals surface area contributed by atoms with Crippen molar-refractivity contribution in [3.05, 3.63) is 52.8 Å². The summed E-state index contributed by atoms with van der Waals surface area (Å²) >= 11 is 0. The van der Waals surface area contributed by atoms with Gasteiger partial charge in [-0.15, -0.1) is 0 Å². The van der Waals surface area contributed by atoms with E-state index in [0.29, 0.717) is 26.1 Å². The molecule has 5 rings (SSSR count). The molecular formula is C30H38N4O4. The first kappa shape index (κ1) is 26.2. The van der Waals surface area contributed by atoms with E-state index in [4.69, 9.17) is 4.74 Å². The molecule has 2 N–H and O–H groups in total. The van der Waals surface area contributed by atoms with E-state index in [1.54, 1.807) is 4.90 Å². The van der Waals surface area contributed by atoms with Crippen molar-refractivity contribution >= 4 is 23.0 Å². The highest BCUT2D eigenvalue weighted by Gasteiger charge is 2.38. The molecule has 0 spiro atoms. The summed E-state index contributed by atoms with van der Waals surface area (Å²) < 4.78 is 5.76. The second-order valence-electron chi connectivity index (χ2n) is 12.2. The van der Waals surface area contributed by atoms with Gasteiger partial charge in [-0.2, -0.15) is 0 Å². The van der Waals surface area contributed by atoms with Gasteiger partial charge in [0.15, 0.2) is 0 Å². The van der Waals surface area contributed by atoms with Crippen LogP contribution in [0.4, 0.5) is 4.79 Å². The molecule has 1 saturated heterocycles. The number of nitrogens with one attached hydrogen (secondary N) is 1. The number of benzene rings is 1. The maximum Gasteiger partial charge on any atom is 0.410 e. The first-order valence-corrected chi connectivity index (χ1v) is 13.4. The second-order valence-corrected chi connectivity index (χ2v) is 12.2. The van der Waals surface area contributed by atoms with Crippen molar-refractivity contribution in [1.82, 2.24) is 19.8 Å². The topological polar surface area (TPSA) is 98.8 Å². The highest BCUT2D eigenvalue weighted by Crippen LogP contribution is 2.40. The number of nitrogens with zero attached hydrogens (tertiary/aromatic N) is 3. The van der Waals surface area contributed by atoms with Crippen molar-refractivity contribution in [1.29, 1.82) is 0 Å². The SMILES string of the molecule is Cc1c[nH]c2ncc(-c3cc4c(c([C@@H]5CCCN5C(=O)OC(C)(C)C)c3)CN(C(=O)C(C)(C)O)CC4)cc12. The molecule has 1 aromatic carbocycles. The summed E-state index contributed by atoms with van der Waals surface area (Å²) in [6.45, 7) is 12.3. The third kappa shape index (κ3) is 5.01. The number of likely N-dealkylation sites (tertiary alicyclic amines) is 1. The summed E-state index contributed by atoms with van der Waals surface area (Å²) in [6.07, 6.45) is 5.91. The Kier molecular flexibility index (Phi) is 6.50. The highest BCUT2D eigenvalue weighted by molar-refractivity contribution is 5.86. The Bertz CT molecular complexity index is 1400. The Labute approximate surface area is 224 Å². The van der Waals surface area contributed by atoms with Crippen molar-refractivity contribution in [3.63, 3.8) is 0 Å². The number of amides is 2. The molecule has 0 radical (unpaired) electrons. The van der Waals surface area contributed by atoms with Crippen molar-refractivity contribution < 1.29 is 19.4 Å². The van der Waals surface area contributed by atoms with Crippen LogP contribution in [0, 0.1) is 6.92 Å². The number of rotatable bonds is 3. The number of carbonyl (C=O) groups is 2. The predicted molar refractivity (Wildman–Crippen MR) is 147 cm³/mol. The van der Waals surface area contributed by atoms with Crippen LogP contribution in [-0.2, 0) is 22.5 Å². The lowest BCUT2D eigenvalue weighted by Crippen LogP contribution is -2.47. The molecule has 1 fully saturated rings. The van der Waals surface area contributed by atoms with Crippen molar-refractivity contribution in [2.75, 3.05) is 13.1 Å². The summed E-state index contributed by atoms with van der Waals surface area (Å²) in [7, 11) is 0. The lowest BCUT2D eigenvalue weighted by Gasteiger charge is -2.36. The van der Waals surface area contributed by atoms with Crippen LogP contribution < -0.4 is 0 Å². The number of aryl methyl sites for hydroxylation is 1. The van der Waals surface area contributed by atoms with Crippen molar-refractivity contribution in [2.24, 2.45) is 0 Å². The monoisotopic (exact) mass is 518 g/mol. The average molecular weight is 519 g/mol. The fraction of sp³-hybridized carbons (Fsp3) is 0.500. The number of hydrogen-bond donors (Lipinski definition) is 2. The van der Waals surface area contributed by atoms with Gasteiger partial charge in [0, 0.05) is 43.0 Å². The first-order valence-electron chi connectivity index (χ1n) is 13.4. The van der Waals surface area contributed by atoms with Gasteiger partial charge in [0.2, 0.25) is 0 Å². The lowest BCUT2D eigenvalue weighted by molar-refractivity contribution is -0.148. The van der Waals surface area contributed by atoms with Crippen molar-refractivity contribution in [2.45, 2.75) is 84.6 Å². The minimum absolute atomic E-state index is 0.151. The smallest absolute Gasteiger partial charge is 0.410 e. The van der Waals surface area contributed by atoms with E-state index in [0.717, 1.165) is 51.7 Å². The van der Waals surface area contributed by atoms with Crippen molar-refractivity contribution in [3.8, 4) is 11.1 Å². The van der Waals surface area contributed by atoms with E-state index in [1.165, 1.54) is 19.4 Å². The van der Waals surface area contributed by atoms with Gasteiger partial charge in [0.1, 0.15) is 16.8 Å². The maximum absolute atomic E-state index is 13.2. The normalized spacial score (nSPS) is 18.1. The van der Waals surface area contributed by atoms with Crippen LogP contribution >= 0.6 is 0 Å². The highest BCUT2D eigenvalue weighted by atomic mass is 16.6. The number of aliphatic hydroxyl groups is 1. The molecule has 0 unspecified atom stereocenters. The molecule has 202 valence electrons. The molecule has 8 heteroatoms. The van der Waals surface area contributed by atoms with Crippen LogP contribution in [0.5, 0.6) is 0 Å². The maximum atomic E-state index is 13.2. The fourth-order valence-electron chi connectivity index (χ4n) is 5.64. The molecule has 3 aromatic rings.